The summed E-state index contributed by atoms with van der Waals surface area (Å²) in [4.78, 5) is 9.57. The molecule has 0 fully saturated rings. The SMILES string of the molecule is Cc1ccc2c(c1)CC(c1ccc(C3=Nc4ccc(N)cc4C3)cc1)=N2. The molecule has 2 N–H and O–H groups in total. The molecule has 0 atom stereocenters. The van der Waals surface area contributed by atoms with Gasteiger partial charge in [-0.2, -0.15) is 0 Å². The van der Waals surface area contributed by atoms with Gasteiger partial charge in [-0.3, -0.25) is 9.98 Å². The van der Waals surface area contributed by atoms with Gasteiger partial charge in [-0.1, -0.05) is 42.0 Å². The fraction of sp³-hybridized carbons (Fsp3) is 0.130. The second-order valence-corrected chi connectivity index (χ2v) is 7.07. The zero-order chi connectivity index (χ0) is 17.7. The monoisotopic (exact) mass is 337 g/mol. The Morgan fingerprint density at radius 2 is 1.23 bits per heavy atom. The van der Waals surface area contributed by atoms with Crippen LogP contribution in [0.3, 0.4) is 0 Å². The summed E-state index contributed by atoms with van der Waals surface area (Å²) in [6, 6.07) is 21.0. The van der Waals surface area contributed by atoms with Crippen molar-refractivity contribution in [3.63, 3.8) is 0 Å². The van der Waals surface area contributed by atoms with E-state index in [1.807, 2.05) is 18.2 Å². The largest absolute Gasteiger partial charge is 0.399 e. The molecule has 0 aliphatic carbocycles. The molecular weight excluding hydrogens is 318 g/mol. The average molecular weight is 337 g/mol. The minimum Gasteiger partial charge on any atom is -0.399 e. The number of nitrogen functional groups attached to an aromatic ring is 1. The summed E-state index contributed by atoms with van der Waals surface area (Å²) in [5.41, 5.74) is 17.2. The molecule has 3 heteroatoms. The van der Waals surface area contributed by atoms with Crippen LogP contribution in [0.5, 0.6) is 0 Å². The Balaban J connectivity index is 1.40. The highest BCUT2D eigenvalue weighted by molar-refractivity contribution is 6.09. The normalized spacial score (nSPS) is 14.7. The Bertz CT molecular complexity index is 1000. The van der Waals surface area contributed by atoms with Crippen LogP contribution in [-0.4, -0.2) is 11.4 Å². The first-order valence-corrected chi connectivity index (χ1v) is 8.89. The maximum absolute atomic E-state index is 5.89. The number of rotatable bonds is 2. The van der Waals surface area contributed by atoms with Gasteiger partial charge in [0.15, 0.2) is 0 Å². The quantitative estimate of drug-likeness (QED) is 0.662. The molecule has 0 radical (unpaired) electrons. The number of anilines is 1. The van der Waals surface area contributed by atoms with E-state index >= 15 is 0 Å². The van der Waals surface area contributed by atoms with E-state index in [0.29, 0.717) is 0 Å². The lowest BCUT2D eigenvalue weighted by atomic mass is 9.99. The molecule has 3 nitrogen and oxygen atoms in total. The fourth-order valence-electron chi connectivity index (χ4n) is 3.74. The van der Waals surface area contributed by atoms with E-state index < -0.39 is 0 Å². The lowest BCUT2D eigenvalue weighted by Crippen LogP contribution is -2.04. The molecule has 0 spiro atoms. The molecule has 26 heavy (non-hydrogen) atoms. The molecule has 3 aromatic carbocycles. The highest BCUT2D eigenvalue weighted by Crippen LogP contribution is 2.32. The van der Waals surface area contributed by atoms with Crippen molar-refractivity contribution in [2.75, 3.05) is 5.73 Å². The Morgan fingerprint density at radius 1 is 0.692 bits per heavy atom. The summed E-state index contributed by atoms with van der Waals surface area (Å²) in [6.45, 7) is 2.13. The molecule has 3 aromatic rings. The Hall–Kier alpha value is -3.20. The Kier molecular flexibility index (Phi) is 3.29. The van der Waals surface area contributed by atoms with Crippen molar-refractivity contribution in [1.29, 1.82) is 0 Å². The van der Waals surface area contributed by atoms with Gasteiger partial charge >= 0.3 is 0 Å². The van der Waals surface area contributed by atoms with Gasteiger partial charge in [0.2, 0.25) is 0 Å². The van der Waals surface area contributed by atoms with Crippen LogP contribution >= 0.6 is 0 Å². The van der Waals surface area contributed by atoms with Crippen LogP contribution in [0.1, 0.15) is 27.8 Å². The zero-order valence-corrected chi connectivity index (χ0v) is 14.7. The van der Waals surface area contributed by atoms with Gasteiger partial charge in [0.05, 0.1) is 22.8 Å². The van der Waals surface area contributed by atoms with Gasteiger partial charge in [0.1, 0.15) is 0 Å². The molecule has 0 saturated carbocycles. The number of aliphatic imine (C=N–C) groups is 2. The van der Waals surface area contributed by atoms with E-state index in [1.54, 1.807) is 0 Å². The number of nitrogens with zero attached hydrogens (tertiary/aromatic N) is 2. The molecule has 0 unspecified atom stereocenters. The highest BCUT2D eigenvalue weighted by atomic mass is 14.8. The number of nitrogens with two attached hydrogens (primary N) is 1. The van der Waals surface area contributed by atoms with Crippen LogP contribution in [0, 0.1) is 6.92 Å². The number of hydrogen-bond donors (Lipinski definition) is 1. The third-order valence-corrected chi connectivity index (χ3v) is 5.12. The van der Waals surface area contributed by atoms with Gasteiger partial charge in [0, 0.05) is 18.5 Å². The minimum absolute atomic E-state index is 0.796. The second kappa shape index (κ2) is 5.67. The molecule has 126 valence electrons. The third-order valence-electron chi connectivity index (χ3n) is 5.12. The summed E-state index contributed by atoms with van der Waals surface area (Å²) in [7, 11) is 0. The van der Waals surface area contributed by atoms with Gasteiger partial charge in [0.25, 0.3) is 0 Å². The standard InChI is InChI=1S/C23H19N3/c1-14-2-8-20-17(10-14)12-22(25-20)15-3-5-16(6-4-15)23-13-18-11-19(24)7-9-21(18)26-23/h2-11H,12-13,24H2,1H3. The molecule has 5 rings (SSSR count). The van der Waals surface area contributed by atoms with Crippen LogP contribution in [0.2, 0.25) is 0 Å². The van der Waals surface area contributed by atoms with Crippen molar-refractivity contribution in [3.8, 4) is 0 Å². The molecule has 0 aromatic heterocycles. The lowest BCUT2D eigenvalue weighted by molar-refractivity contribution is 1.34. The molecule has 2 aliphatic heterocycles. The van der Waals surface area contributed by atoms with Crippen LogP contribution in [0.25, 0.3) is 0 Å². The maximum atomic E-state index is 5.89. The van der Waals surface area contributed by atoms with E-state index in [9.17, 15) is 0 Å². The van der Waals surface area contributed by atoms with Crippen molar-refractivity contribution < 1.29 is 0 Å². The minimum atomic E-state index is 0.796. The van der Waals surface area contributed by atoms with Crippen LogP contribution in [0.4, 0.5) is 17.1 Å². The number of aryl methyl sites for hydroxylation is 1. The number of benzene rings is 3. The Morgan fingerprint density at radius 3 is 1.85 bits per heavy atom. The molecular formula is C23H19N3. The predicted molar refractivity (Wildman–Crippen MR) is 108 cm³/mol. The third kappa shape index (κ3) is 2.53. The van der Waals surface area contributed by atoms with Gasteiger partial charge < -0.3 is 5.73 Å². The first-order valence-electron chi connectivity index (χ1n) is 8.89. The van der Waals surface area contributed by atoms with E-state index in [4.69, 9.17) is 15.7 Å². The van der Waals surface area contributed by atoms with Crippen LogP contribution < -0.4 is 5.73 Å². The van der Waals surface area contributed by atoms with Gasteiger partial charge in [-0.05, 0) is 53.4 Å². The van der Waals surface area contributed by atoms with E-state index in [-0.39, 0.29) is 0 Å². The first-order chi connectivity index (χ1) is 12.7. The fourth-order valence-corrected chi connectivity index (χ4v) is 3.74. The summed E-state index contributed by atoms with van der Waals surface area (Å²) in [6.07, 6.45) is 1.74. The zero-order valence-electron chi connectivity index (χ0n) is 14.7. The second-order valence-electron chi connectivity index (χ2n) is 7.07. The summed E-state index contributed by atoms with van der Waals surface area (Å²) in [5, 5.41) is 0. The van der Waals surface area contributed by atoms with Crippen molar-refractivity contribution in [1.82, 2.24) is 0 Å². The lowest BCUT2D eigenvalue weighted by Gasteiger charge is -2.04. The van der Waals surface area contributed by atoms with Gasteiger partial charge in [-0.15, -0.1) is 0 Å². The maximum Gasteiger partial charge on any atom is 0.0670 e. The average Bonchev–Trinajstić information content (AvgIpc) is 3.25. The van der Waals surface area contributed by atoms with Crippen molar-refractivity contribution in [2.45, 2.75) is 19.8 Å². The molecule has 2 aliphatic rings. The first kappa shape index (κ1) is 15.1. The van der Waals surface area contributed by atoms with Crippen LogP contribution in [-0.2, 0) is 12.8 Å². The predicted octanol–water partition coefficient (Wildman–Crippen LogP) is 4.93. The smallest absolute Gasteiger partial charge is 0.0670 e. The van der Waals surface area contributed by atoms with E-state index in [0.717, 1.165) is 46.9 Å². The topological polar surface area (TPSA) is 50.7 Å². The number of fused-ring (bicyclic) bond motifs is 2. The Labute approximate surface area is 152 Å². The van der Waals surface area contributed by atoms with Crippen molar-refractivity contribution in [3.05, 3.63) is 88.5 Å². The van der Waals surface area contributed by atoms with Gasteiger partial charge in [-0.25, -0.2) is 0 Å². The molecule has 0 bridgehead atoms. The van der Waals surface area contributed by atoms with E-state index in [2.05, 4.69) is 49.4 Å². The number of hydrogen-bond acceptors (Lipinski definition) is 3. The summed E-state index contributed by atoms with van der Waals surface area (Å²) in [5.74, 6) is 0. The van der Waals surface area contributed by atoms with Crippen molar-refractivity contribution in [2.24, 2.45) is 9.98 Å². The van der Waals surface area contributed by atoms with Crippen molar-refractivity contribution >= 4 is 28.5 Å². The summed E-state index contributed by atoms with van der Waals surface area (Å²) >= 11 is 0. The van der Waals surface area contributed by atoms with E-state index in [1.165, 1.54) is 22.3 Å². The summed E-state index contributed by atoms with van der Waals surface area (Å²) < 4.78 is 0. The molecule has 0 amide bonds. The molecule has 0 saturated heterocycles. The van der Waals surface area contributed by atoms with Crippen LogP contribution in [0.15, 0.2) is 70.6 Å². The molecule has 2 heterocycles. The highest BCUT2D eigenvalue weighted by Gasteiger charge is 2.18.